The zero-order chi connectivity index (χ0) is 13.6. The summed E-state index contributed by atoms with van der Waals surface area (Å²) >= 11 is 1.71. The van der Waals surface area contributed by atoms with Crippen molar-refractivity contribution in [2.45, 2.75) is 39.0 Å². The molecule has 0 spiro atoms. The highest BCUT2D eigenvalue weighted by atomic mass is 32.1. The van der Waals surface area contributed by atoms with Crippen molar-refractivity contribution in [2.24, 2.45) is 11.3 Å². The Hall–Kier alpha value is -1.10. The number of hydrogen-bond acceptors (Lipinski definition) is 4. The summed E-state index contributed by atoms with van der Waals surface area (Å²) in [6, 6.07) is 0. The quantitative estimate of drug-likeness (QED) is 0.925. The number of hydrogen-bond donors (Lipinski definition) is 1. The molecule has 0 amide bonds. The van der Waals surface area contributed by atoms with Crippen LogP contribution in [0.3, 0.4) is 0 Å². The lowest BCUT2D eigenvalue weighted by atomic mass is 9.81. The first-order valence-electron chi connectivity index (χ1n) is 6.97. The second-order valence-corrected chi connectivity index (χ2v) is 7.17. The Morgan fingerprint density at radius 2 is 2.42 bits per heavy atom. The maximum absolute atomic E-state index is 11.7. The molecule has 0 radical (unpaired) electrons. The SMILES string of the molecule is CC(C)c1cnc(N2C[C@@H]3CCC[C@@]3(C(=O)O)C2)s1. The second kappa shape index (κ2) is 4.47. The lowest BCUT2D eigenvalue weighted by molar-refractivity contribution is -0.149. The highest BCUT2D eigenvalue weighted by Crippen LogP contribution is 2.50. The number of nitrogens with zero attached hydrogens (tertiary/aromatic N) is 2. The molecule has 104 valence electrons. The van der Waals surface area contributed by atoms with Crippen LogP contribution in [0.4, 0.5) is 5.13 Å². The Morgan fingerprint density at radius 1 is 1.63 bits per heavy atom. The van der Waals surface area contributed by atoms with E-state index in [9.17, 15) is 9.90 Å². The minimum absolute atomic E-state index is 0.302. The lowest BCUT2D eigenvalue weighted by Gasteiger charge is -2.23. The minimum atomic E-state index is -0.613. The summed E-state index contributed by atoms with van der Waals surface area (Å²) in [5.74, 6) is 0.177. The number of anilines is 1. The highest BCUT2D eigenvalue weighted by molar-refractivity contribution is 7.15. The molecule has 5 heteroatoms. The molecule has 2 atom stereocenters. The van der Waals surface area contributed by atoms with Gasteiger partial charge in [-0.2, -0.15) is 0 Å². The molecule has 2 heterocycles. The first-order valence-corrected chi connectivity index (χ1v) is 7.78. The average Bonchev–Trinajstić information content (AvgIpc) is 3.01. The van der Waals surface area contributed by atoms with Gasteiger partial charge in [0.1, 0.15) is 0 Å². The van der Waals surface area contributed by atoms with Gasteiger partial charge in [0.05, 0.1) is 5.41 Å². The fourth-order valence-electron chi connectivity index (χ4n) is 3.47. The molecule has 1 saturated heterocycles. The van der Waals surface area contributed by atoms with E-state index in [2.05, 4.69) is 23.7 Å². The largest absolute Gasteiger partial charge is 0.481 e. The zero-order valence-electron chi connectivity index (χ0n) is 11.4. The van der Waals surface area contributed by atoms with Gasteiger partial charge in [0.25, 0.3) is 0 Å². The van der Waals surface area contributed by atoms with Gasteiger partial charge in [-0.05, 0) is 24.7 Å². The van der Waals surface area contributed by atoms with Crippen LogP contribution in [0.1, 0.15) is 43.9 Å². The van der Waals surface area contributed by atoms with Gasteiger partial charge in [0, 0.05) is 24.2 Å². The van der Waals surface area contributed by atoms with Crippen LogP contribution in [0.5, 0.6) is 0 Å². The Bertz CT molecular complexity index is 499. The molecular weight excluding hydrogens is 260 g/mol. The normalized spacial score (nSPS) is 30.1. The van der Waals surface area contributed by atoms with Crippen molar-refractivity contribution >= 4 is 22.4 Å². The van der Waals surface area contributed by atoms with Gasteiger partial charge in [-0.25, -0.2) is 4.98 Å². The predicted octanol–water partition coefficient (Wildman–Crippen LogP) is 2.96. The Balaban J connectivity index is 1.83. The molecular formula is C14H20N2O2S. The molecule has 0 unspecified atom stereocenters. The lowest BCUT2D eigenvalue weighted by Crippen LogP contribution is -2.35. The van der Waals surface area contributed by atoms with E-state index >= 15 is 0 Å². The molecule has 1 saturated carbocycles. The molecule has 2 fully saturated rings. The molecule has 4 nitrogen and oxygen atoms in total. The van der Waals surface area contributed by atoms with E-state index in [1.54, 1.807) is 11.3 Å². The molecule has 1 aliphatic heterocycles. The van der Waals surface area contributed by atoms with E-state index in [0.717, 1.165) is 30.9 Å². The first-order chi connectivity index (χ1) is 9.03. The van der Waals surface area contributed by atoms with Crippen LogP contribution >= 0.6 is 11.3 Å². The number of thiazole rings is 1. The van der Waals surface area contributed by atoms with E-state index in [4.69, 9.17) is 0 Å². The van der Waals surface area contributed by atoms with Crippen molar-refractivity contribution < 1.29 is 9.90 Å². The summed E-state index contributed by atoms with van der Waals surface area (Å²) in [5, 5.41) is 10.6. The van der Waals surface area contributed by atoms with Crippen LogP contribution in [0.15, 0.2) is 6.20 Å². The summed E-state index contributed by atoms with van der Waals surface area (Å²) in [6.07, 6.45) is 4.86. The number of carbonyl (C=O) groups is 1. The minimum Gasteiger partial charge on any atom is -0.481 e. The van der Waals surface area contributed by atoms with Gasteiger partial charge in [0.2, 0.25) is 0 Å². The van der Waals surface area contributed by atoms with Gasteiger partial charge >= 0.3 is 5.97 Å². The molecule has 19 heavy (non-hydrogen) atoms. The number of carboxylic acids is 1. The molecule has 0 aromatic carbocycles. The average molecular weight is 280 g/mol. The van der Waals surface area contributed by atoms with Gasteiger partial charge < -0.3 is 10.0 Å². The first kappa shape index (κ1) is 12.9. The van der Waals surface area contributed by atoms with Crippen LogP contribution in [-0.4, -0.2) is 29.1 Å². The van der Waals surface area contributed by atoms with Gasteiger partial charge in [-0.15, -0.1) is 11.3 Å². The van der Waals surface area contributed by atoms with Gasteiger partial charge in [-0.1, -0.05) is 20.3 Å². The van der Waals surface area contributed by atoms with E-state index in [1.807, 2.05) is 6.20 Å². The predicted molar refractivity (Wildman–Crippen MR) is 75.8 cm³/mol. The van der Waals surface area contributed by atoms with Crippen molar-refractivity contribution in [3.8, 4) is 0 Å². The Morgan fingerprint density at radius 3 is 3.00 bits per heavy atom. The fraction of sp³-hybridized carbons (Fsp3) is 0.714. The number of aliphatic carboxylic acids is 1. The maximum Gasteiger partial charge on any atom is 0.311 e. The summed E-state index contributed by atoms with van der Waals surface area (Å²) in [7, 11) is 0. The van der Waals surface area contributed by atoms with Crippen molar-refractivity contribution in [2.75, 3.05) is 18.0 Å². The topological polar surface area (TPSA) is 53.4 Å². The van der Waals surface area contributed by atoms with Crippen molar-refractivity contribution in [3.63, 3.8) is 0 Å². The van der Waals surface area contributed by atoms with E-state index in [1.165, 1.54) is 4.88 Å². The third-order valence-electron chi connectivity index (χ3n) is 4.65. The second-order valence-electron chi connectivity index (χ2n) is 6.13. The Kier molecular flexibility index (Phi) is 3.04. The number of fused-ring (bicyclic) bond motifs is 1. The van der Waals surface area contributed by atoms with E-state index < -0.39 is 11.4 Å². The summed E-state index contributed by atoms with van der Waals surface area (Å²) in [5.41, 5.74) is -0.510. The number of carboxylic acid groups (broad SMARTS) is 1. The summed E-state index contributed by atoms with van der Waals surface area (Å²) in [4.78, 5) is 19.6. The van der Waals surface area contributed by atoms with E-state index in [0.29, 0.717) is 18.4 Å². The van der Waals surface area contributed by atoms with Crippen LogP contribution in [0, 0.1) is 11.3 Å². The third-order valence-corrected chi connectivity index (χ3v) is 6.01. The molecule has 1 aromatic rings. The monoisotopic (exact) mass is 280 g/mol. The van der Waals surface area contributed by atoms with Crippen LogP contribution in [0.2, 0.25) is 0 Å². The summed E-state index contributed by atoms with van der Waals surface area (Å²) in [6.45, 7) is 5.82. The Labute approximate surface area is 117 Å². The molecule has 1 aromatic heterocycles. The van der Waals surface area contributed by atoms with Crippen LogP contribution in [0.25, 0.3) is 0 Å². The van der Waals surface area contributed by atoms with Crippen LogP contribution in [-0.2, 0) is 4.79 Å². The maximum atomic E-state index is 11.7. The molecule has 1 N–H and O–H groups in total. The summed E-state index contributed by atoms with van der Waals surface area (Å²) < 4.78 is 0. The van der Waals surface area contributed by atoms with Gasteiger partial charge in [0.15, 0.2) is 5.13 Å². The molecule has 2 aliphatic rings. The zero-order valence-corrected chi connectivity index (χ0v) is 12.2. The third kappa shape index (κ3) is 1.95. The fourth-order valence-corrected chi connectivity index (χ4v) is 4.40. The van der Waals surface area contributed by atoms with Crippen molar-refractivity contribution in [3.05, 3.63) is 11.1 Å². The van der Waals surface area contributed by atoms with Crippen molar-refractivity contribution in [1.29, 1.82) is 0 Å². The van der Waals surface area contributed by atoms with E-state index in [-0.39, 0.29) is 0 Å². The standard InChI is InChI=1S/C14H20N2O2S/c1-9(2)11-6-15-13(19-11)16-7-10-4-3-5-14(10,8-16)12(17)18/h6,9-10H,3-5,7-8H2,1-2H3,(H,17,18)/t10-,14+/m0/s1. The van der Waals surface area contributed by atoms with Crippen LogP contribution < -0.4 is 4.90 Å². The molecule has 3 rings (SSSR count). The van der Waals surface area contributed by atoms with Gasteiger partial charge in [-0.3, -0.25) is 4.79 Å². The van der Waals surface area contributed by atoms with Crippen molar-refractivity contribution in [1.82, 2.24) is 4.98 Å². The number of rotatable bonds is 3. The number of aromatic nitrogens is 1. The highest BCUT2D eigenvalue weighted by Gasteiger charge is 2.55. The molecule has 0 bridgehead atoms. The molecule has 1 aliphatic carbocycles. The smallest absolute Gasteiger partial charge is 0.311 e.